The molecule has 2 aromatic heterocycles. The molecular weight excluding hydrogens is 389 g/mol. The maximum atomic E-state index is 13.7. The summed E-state index contributed by atoms with van der Waals surface area (Å²) in [6, 6.07) is 10.4. The first-order valence-corrected chi connectivity index (χ1v) is 9.21. The number of rotatable bonds is 4. The highest BCUT2D eigenvalue weighted by Gasteiger charge is 2.36. The van der Waals surface area contributed by atoms with Gasteiger partial charge in [0.2, 0.25) is 0 Å². The molecule has 1 N–H and O–H groups in total. The van der Waals surface area contributed by atoms with Crippen molar-refractivity contribution in [2.45, 2.75) is 20.4 Å². The maximum absolute atomic E-state index is 13.7. The largest absolute Gasteiger partial charge is 0.467 e. The van der Waals surface area contributed by atoms with Crippen LogP contribution in [0.1, 0.15) is 22.7 Å². The fourth-order valence-corrected chi connectivity index (χ4v) is 3.50. The lowest BCUT2D eigenvalue weighted by Crippen LogP contribution is -2.53. The number of hydrogen-bond acceptors (Lipinski definition) is 4. The summed E-state index contributed by atoms with van der Waals surface area (Å²) in [4.78, 5) is 38.3. The van der Waals surface area contributed by atoms with E-state index in [1.807, 2.05) is 11.5 Å². The van der Waals surface area contributed by atoms with Crippen LogP contribution in [0.4, 0.5) is 9.18 Å². The molecule has 7 nitrogen and oxygen atoms in total. The quantitative estimate of drug-likeness (QED) is 0.530. The van der Waals surface area contributed by atoms with Gasteiger partial charge < -0.3 is 8.98 Å². The van der Waals surface area contributed by atoms with Crippen LogP contribution in [0, 0.1) is 19.7 Å². The molecule has 3 heterocycles. The number of furan rings is 1. The molecule has 0 aliphatic carbocycles. The summed E-state index contributed by atoms with van der Waals surface area (Å²) in [6.45, 7) is 3.56. The predicted octanol–water partition coefficient (Wildman–Crippen LogP) is 3.49. The Hall–Kier alpha value is -3.94. The van der Waals surface area contributed by atoms with Gasteiger partial charge in [-0.1, -0.05) is 6.07 Å². The summed E-state index contributed by atoms with van der Waals surface area (Å²) in [6.07, 6.45) is 2.88. The average Bonchev–Trinajstić information content (AvgIpc) is 3.30. The minimum Gasteiger partial charge on any atom is -0.467 e. The van der Waals surface area contributed by atoms with Crippen LogP contribution in [0.15, 0.2) is 58.7 Å². The molecule has 0 unspecified atom stereocenters. The van der Waals surface area contributed by atoms with Crippen molar-refractivity contribution >= 4 is 23.9 Å². The number of imide groups is 2. The summed E-state index contributed by atoms with van der Waals surface area (Å²) >= 11 is 0. The number of hydrogen-bond donors (Lipinski definition) is 1. The Labute approximate surface area is 171 Å². The number of aromatic nitrogens is 1. The van der Waals surface area contributed by atoms with E-state index in [0.717, 1.165) is 16.3 Å². The van der Waals surface area contributed by atoms with Gasteiger partial charge in [0.05, 0.1) is 12.8 Å². The van der Waals surface area contributed by atoms with E-state index < -0.39 is 17.8 Å². The molecule has 1 aliphatic heterocycles. The van der Waals surface area contributed by atoms with Crippen LogP contribution in [0.25, 0.3) is 11.8 Å². The molecule has 0 bridgehead atoms. The molecular formula is C22H18FN3O4. The van der Waals surface area contributed by atoms with E-state index in [0.29, 0.717) is 17.0 Å². The monoisotopic (exact) mass is 407 g/mol. The van der Waals surface area contributed by atoms with Gasteiger partial charge in [-0.25, -0.2) is 9.18 Å². The van der Waals surface area contributed by atoms with E-state index in [4.69, 9.17) is 4.42 Å². The number of urea groups is 1. The lowest BCUT2D eigenvalue weighted by molar-refractivity contribution is -0.130. The van der Waals surface area contributed by atoms with Gasteiger partial charge in [-0.2, -0.15) is 0 Å². The molecule has 0 radical (unpaired) electrons. The van der Waals surface area contributed by atoms with E-state index in [1.54, 1.807) is 37.3 Å². The molecule has 30 heavy (non-hydrogen) atoms. The highest BCUT2D eigenvalue weighted by atomic mass is 19.1. The molecule has 1 aliphatic rings. The third-order valence-corrected chi connectivity index (χ3v) is 4.92. The number of amides is 4. The van der Waals surface area contributed by atoms with Crippen molar-refractivity contribution in [2.24, 2.45) is 0 Å². The summed E-state index contributed by atoms with van der Waals surface area (Å²) < 4.78 is 20.7. The first-order chi connectivity index (χ1) is 14.3. The zero-order valence-electron chi connectivity index (χ0n) is 16.3. The lowest BCUT2D eigenvalue weighted by atomic mass is 10.1. The van der Waals surface area contributed by atoms with E-state index in [-0.39, 0.29) is 17.9 Å². The van der Waals surface area contributed by atoms with Crippen LogP contribution in [0.5, 0.6) is 0 Å². The highest BCUT2D eigenvalue weighted by Crippen LogP contribution is 2.25. The minimum atomic E-state index is -0.802. The molecule has 0 atom stereocenters. The van der Waals surface area contributed by atoms with Crippen LogP contribution in [0.3, 0.4) is 0 Å². The minimum absolute atomic E-state index is 0.0927. The van der Waals surface area contributed by atoms with E-state index in [2.05, 4.69) is 5.32 Å². The number of carbonyl (C=O) groups is 3. The fourth-order valence-electron chi connectivity index (χ4n) is 3.50. The summed E-state index contributed by atoms with van der Waals surface area (Å²) in [5, 5.41) is 2.18. The molecule has 1 saturated heterocycles. The van der Waals surface area contributed by atoms with Crippen molar-refractivity contribution in [1.29, 1.82) is 0 Å². The van der Waals surface area contributed by atoms with Gasteiger partial charge in [0.1, 0.15) is 17.2 Å². The average molecular weight is 407 g/mol. The van der Waals surface area contributed by atoms with E-state index in [9.17, 15) is 18.8 Å². The van der Waals surface area contributed by atoms with Gasteiger partial charge >= 0.3 is 6.03 Å². The summed E-state index contributed by atoms with van der Waals surface area (Å²) in [5.41, 5.74) is 2.60. The van der Waals surface area contributed by atoms with Crippen molar-refractivity contribution in [3.8, 4) is 5.69 Å². The van der Waals surface area contributed by atoms with Crippen molar-refractivity contribution in [2.75, 3.05) is 0 Å². The van der Waals surface area contributed by atoms with Gasteiger partial charge in [0.25, 0.3) is 11.8 Å². The Balaban J connectivity index is 1.71. The van der Waals surface area contributed by atoms with Crippen LogP contribution in [-0.4, -0.2) is 27.3 Å². The molecule has 3 aromatic rings. The first-order valence-electron chi connectivity index (χ1n) is 9.21. The SMILES string of the molecule is Cc1cc(/C=C2\C(=O)NC(=O)N(Cc3ccco3)C2=O)c(C)n1-c1cccc(F)c1. The van der Waals surface area contributed by atoms with Crippen molar-refractivity contribution in [3.63, 3.8) is 0 Å². The molecule has 152 valence electrons. The van der Waals surface area contributed by atoms with Crippen molar-refractivity contribution in [1.82, 2.24) is 14.8 Å². The summed E-state index contributed by atoms with van der Waals surface area (Å²) in [7, 11) is 0. The van der Waals surface area contributed by atoms with Crippen molar-refractivity contribution < 1.29 is 23.2 Å². The fraction of sp³-hybridized carbons (Fsp3) is 0.136. The predicted molar refractivity (Wildman–Crippen MR) is 106 cm³/mol. The van der Waals surface area contributed by atoms with Gasteiger partial charge in [-0.05, 0) is 61.9 Å². The molecule has 8 heteroatoms. The second kappa shape index (κ2) is 7.47. The molecule has 4 rings (SSSR count). The number of nitrogens with one attached hydrogen (secondary N) is 1. The molecule has 1 fully saturated rings. The lowest BCUT2D eigenvalue weighted by Gasteiger charge is -2.25. The van der Waals surface area contributed by atoms with E-state index in [1.165, 1.54) is 24.5 Å². The number of barbiturate groups is 1. The number of benzene rings is 1. The smallest absolute Gasteiger partial charge is 0.331 e. The Kier molecular flexibility index (Phi) is 4.83. The molecule has 0 spiro atoms. The third-order valence-electron chi connectivity index (χ3n) is 4.92. The number of carbonyl (C=O) groups excluding carboxylic acids is 3. The second-order valence-electron chi connectivity index (χ2n) is 6.93. The third kappa shape index (κ3) is 3.43. The van der Waals surface area contributed by atoms with Gasteiger partial charge in [0, 0.05) is 17.1 Å². The molecule has 1 aromatic carbocycles. The van der Waals surface area contributed by atoms with Gasteiger partial charge in [0.15, 0.2) is 0 Å². The highest BCUT2D eigenvalue weighted by molar-refractivity contribution is 6.31. The normalized spacial score (nSPS) is 15.8. The Morgan fingerprint density at radius 2 is 1.90 bits per heavy atom. The van der Waals surface area contributed by atoms with Crippen LogP contribution < -0.4 is 5.32 Å². The van der Waals surface area contributed by atoms with Gasteiger partial charge in [-0.15, -0.1) is 0 Å². The zero-order valence-corrected chi connectivity index (χ0v) is 16.3. The Bertz CT molecular complexity index is 1190. The van der Waals surface area contributed by atoms with Crippen LogP contribution in [-0.2, 0) is 16.1 Å². The Morgan fingerprint density at radius 3 is 2.60 bits per heavy atom. The number of halogens is 1. The van der Waals surface area contributed by atoms with E-state index >= 15 is 0 Å². The van der Waals surface area contributed by atoms with Crippen LogP contribution in [0.2, 0.25) is 0 Å². The van der Waals surface area contributed by atoms with Crippen molar-refractivity contribution in [3.05, 3.63) is 82.8 Å². The standard InChI is InChI=1S/C22H18FN3O4/c1-13-9-15(14(2)26(13)17-6-3-5-16(23)11-17)10-19-20(27)24-22(29)25(21(19)28)12-18-7-4-8-30-18/h3-11H,12H2,1-2H3,(H,24,27,29)/b19-10+. The number of nitrogens with zero attached hydrogens (tertiary/aromatic N) is 2. The van der Waals surface area contributed by atoms with Gasteiger partial charge in [-0.3, -0.25) is 19.8 Å². The topological polar surface area (TPSA) is 84.6 Å². The molecule has 0 saturated carbocycles. The first kappa shape index (κ1) is 19.4. The maximum Gasteiger partial charge on any atom is 0.331 e. The zero-order chi connectivity index (χ0) is 21.4. The number of aryl methyl sites for hydroxylation is 1. The van der Waals surface area contributed by atoms with Crippen LogP contribution >= 0.6 is 0 Å². The second-order valence-corrected chi connectivity index (χ2v) is 6.93. The Morgan fingerprint density at radius 1 is 1.10 bits per heavy atom. The molecule has 4 amide bonds. The summed E-state index contributed by atoms with van der Waals surface area (Å²) in [5.74, 6) is -1.43.